The lowest BCUT2D eigenvalue weighted by molar-refractivity contribution is -0.122. The molecule has 0 radical (unpaired) electrons. The summed E-state index contributed by atoms with van der Waals surface area (Å²) in [6.07, 6.45) is 1.95. The molecule has 5 aliphatic carbocycles. The van der Waals surface area contributed by atoms with Crippen molar-refractivity contribution in [3.05, 3.63) is 130 Å². The average Bonchev–Trinajstić information content (AvgIpc) is 3.16. The molecule has 1 fully saturated rings. The molecule has 4 heteroatoms. The van der Waals surface area contributed by atoms with Crippen molar-refractivity contribution < 1.29 is 9.59 Å². The molecule has 6 aliphatic rings. The topological polar surface area (TPSA) is 49.7 Å². The second-order valence-corrected chi connectivity index (χ2v) is 11.0. The summed E-state index contributed by atoms with van der Waals surface area (Å²) in [6.45, 7) is 6.04. The molecule has 1 heterocycles. The van der Waals surface area contributed by atoms with Gasteiger partial charge in [0.2, 0.25) is 11.8 Å². The molecule has 0 N–H and O–H groups in total. The van der Waals surface area contributed by atoms with Crippen molar-refractivity contribution in [3.8, 4) is 0 Å². The second-order valence-electron chi connectivity index (χ2n) is 11.0. The van der Waals surface area contributed by atoms with Crippen LogP contribution in [0.5, 0.6) is 0 Å². The summed E-state index contributed by atoms with van der Waals surface area (Å²) in [6, 6.07) is 30.8. The highest BCUT2D eigenvalue weighted by Gasteiger charge is 2.65. The number of amides is 2. The van der Waals surface area contributed by atoms with Crippen LogP contribution in [0.25, 0.3) is 0 Å². The van der Waals surface area contributed by atoms with Crippen molar-refractivity contribution in [2.24, 2.45) is 16.8 Å². The quantitative estimate of drug-likeness (QED) is 0.238. The van der Waals surface area contributed by atoms with Crippen LogP contribution in [-0.2, 0) is 15.0 Å². The Morgan fingerprint density at radius 1 is 0.789 bits per heavy atom. The molecule has 4 bridgehead atoms. The first-order valence-corrected chi connectivity index (χ1v) is 13.2. The molecular formula is C34H28N2O2. The summed E-state index contributed by atoms with van der Waals surface area (Å²) >= 11 is 0. The van der Waals surface area contributed by atoms with Gasteiger partial charge in [-0.1, -0.05) is 83.9 Å². The van der Waals surface area contributed by atoms with Crippen molar-refractivity contribution in [2.75, 3.05) is 4.90 Å². The summed E-state index contributed by atoms with van der Waals surface area (Å²) in [7, 11) is 0. The summed E-state index contributed by atoms with van der Waals surface area (Å²) in [4.78, 5) is 35.4. The van der Waals surface area contributed by atoms with E-state index in [0.717, 1.165) is 44.6 Å². The number of hydrogen-bond donors (Lipinski definition) is 0. The van der Waals surface area contributed by atoms with Gasteiger partial charge in [-0.25, -0.2) is 4.90 Å². The maximum atomic E-state index is 14.6. The molecular weight excluding hydrogens is 468 g/mol. The largest absolute Gasteiger partial charge is 0.274 e. The maximum Gasteiger partial charge on any atom is 0.239 e. The van der Waals surface area contributed by atoms with Crippen molar-refractivity contribution in [3.63, 3.8) is 0 Å². The fourth-order valence-corrected chi connectivity index (χ4v) is 7.03. The zero-order valence-electron chi connectivity index (χ0n) is 21.7. The minimum atomic E-state index is -0.873. The normalized spacial score (nSPS) is 25.0. The van der Waals surface area contributed by atoms with E-state index in [-0.39, 0.29) is 17.7 Å². The molecule has 0 unspecified atom stereocenters. The number of imide groups is 1. The van der Waals surface area contributed by atoms with E-state index < -0.39 is 17.3 Å². The van der Waals surface area contributed by atoms with Gasteiger partial charge < -0.3 is 0 Å². The lowest BCUT2D eigenvalue weighted by Crippen LogP contribution is -2.51. The third-order valence-electron chi connectivity index (χ3n) is 8.73. The highest BCUT2D eigenvalue weighted by atomic mass is 16.2. The number of anilines is 1. The number of nitrogens with zero attached hydrogens (tertiary/aromatic N) is 2. The first-order valence-electron chi connectivity index (χ1n) is 13.2. The predicted molar refractivity (Wildman–Crippen MR) is 150 cm³/mol. The Morgan fingerprint density at radius 2 is 1.50 bits per heavy atom. The third-order valence-corrected chi connectivity index (χ3v) is 8.73. The number of aryl methyl sites for hydroxylation is 3. The standard InChI is InChI=1S/C34H28N2O2/c1-20-8-15-25(16-9-20)35-19-34-24-13-11-23(12-14-24)29(26-6-4-5-7-27(26)34)30-31(34)33(38)36(32(30)37)28-17-10-21(2)18-22(28)3/h4-19,29-31H,1-3H3/t29-,30+,31-,34+/m0/s1. The molecule has 0 saturated carbocycles. The van der Waals surface area contributed by atoms with Crippen LogP contribution < -0.4 is 4.90 Å². The Balaban J connectivity index is 1.51. The Morgan fingerprint density at radius 3 is 2.24 bits per heavy atom. The monoisotopic (exact) mass is 496 g/mol. The van der Waals surface area contributed by atoms with E-state index in [2.05, 4.69) is 43.3 Å². The molecule has 10 rings (SSSR count). The van der Waals surface area contributed by atoms with Gasteiger partial charge in [0.25, 0.3) is 0 Å². The third kappa shape index (κ3) is 3.00. The van der Waals surface area contributed by atoms with Gasteiger partial charge in [0.15, 0.2) is 0 Å². The van der Waals surface area contributed by atoms with Crippen LogP contribution in [0.15, 0.2) is 96.0 Å². The fourth-order valence-electron chi connectivity index (χ4n) is 7.03. The van der Waals surface area contributed by atoms with Gasteiger partial charge in [-0.15, -0.1) is 0 Å². The van der Waals surface area contributed by atoms with E-state index in [4.69, 9.17) is 4.99 Å². The van der Waals surface area contributed by atoms with E-state index in [9.17, 15) is 9.59 Å². The fraction of sp³-hybridized carbons (Fsp3) is 0.206. The van der Waals surface area contributed by atoms with Crippen molar-refractivity contribution in [1.82, 2.24) is 0 Å². The van der Waals surface area contributed by atoms with Gasteiger partial charge in [0.05, 0.1) is 28.6 Å². The van der Waals surface area contributed by atoms with Crippen LogP contribution >= 0.6 is 0 Å². The number of carbonyl (C=O) groups excluding carboxylic acids is 2. The molecule has 186 valence electrons. The molecule has 1 saturated heterocycles. The highest BCUT2D eigenvalue weighted by Crippen LogP contribution is 2.60. The molecule has 4 nitrogen and oxygen atoms in total. The van der Waals surface area contributed by atoms with Gasteiger partial charge in [0, 0.05) is 12.1 Å². The van der Waals surface area contributed by atoms with E-state index in [1.165, 1.54) is 4.90 Å². The lowest BCUT2D eigenvalue weighted by Gasteiger charge is -2.48. The molecule has 0 aromatic heterocycles. The maximum absolute atomic E-state index is 14.6. The van der Waals surface area contributed by atoms with Gasteiger partial charge in [-0.3, -0.25) is 14.6 Å². The summed E-state index contributed by atoms with van der Waals surface area (Å²) < 4.78 is 0. The van der Waals surface area contributed by atoms with Crippen molar-refractivity contribution >= 4 is 29.4 Å². The van der Waals surface area contributed by atoms with Gasteiger partial charge in [0.1, 0.15) is 0 Å². The van der Waals surface area contributed by atoms with Crippen LogP contribution in [0, 0.1) is 32.6 Å². The average molecular weight is 497 g/mol. The first-order chi connectivity index (χ1) is 18.4. The number of carbonyl (C=O) groups is 2. The van der Waals surface area contributed by atoms with E-state index >= 15 is 0 Å². The lowest BCUT2D eigenvalue weighted by atomic mass is 9.52. The number of aliphatic imine (C=N–C) groups is 1. The number of hydrogen-bond acceptors (Lipinski definition) is 3. The van der Waals surface area contributed by atoms with E-state index in [0.29, 0.717) is 5.69 Å². The Hall–Kier alpha value is -4.31. The van der Waals surface area contributed by atoms with E-state index in [1.807, 2.05) is 74.7 Å². The molecule has 38 heavy (non-hydrogen) atoms. The van der Waals surface area contributed by atoms with Crippen LogP contribution in [-0.4, -0.2) is 18.0 Å². The van der Waals surface area contributed by atoms with Crippen LogP contribution in [0.2, 0.25) is 0 Å². The summed E-state index contributed by atoms with van der Waals surface area (Å²) in [5, 5.41) is 0. The number of benzene rings is 4. The molecule has 2 amide bonds. The summed E-state index contributed by atoms with van der Waals surface area (Å²) in [5.74, 6) is -1.57. The van der Waals surface area contributed by atoms with Gasteiger partial charge >= 0.3 is 0 Å². The van der Waals surface area contributed by atoms with E-state index in [1.54, 1.807) is 0 Å². The van der Waals surface area contributed by atoms with Crippen LogP contribution in [0.3, 0.4) is 0 Å². The molecule has 1 aliphatic heterocycles. The molecule has 0 spiro atoms. The SMILES string of the molecule is Cc1ccc(N=C[C@@]23c4ccc(cc4)[C@@H](c4ccccc42)[C@H]2C(=O)N(c4ccc(C)cc4C)C(=O)[C@H]23)cc1. The Bertz CT molecular complexity index is 1650. The van der Waals surface area contributed by atoms with Gasteiger partial charge in [-0.05, 0) is 66.8 Å². The highest BCUT2D eigenvalue weighted by molar-refractivity contribution is 6.25. The van der Waals surface area contributed by atoms with Crippen molar-refractivity contribution in [1.29, 1.82) is 0 Å². The smallest absolute Gasteiger partial charge is 0.239 e. The predicted octanol–water partition coefficient (Wildman–Crippen LogP) is 6.57. The first kappa shape index (κ1) is 22.9. The zero-order valence-corrected chi connectivity index (χ0v) is 21.7. The zero-order chi connectivity index (χ0) is 26.2. The molecule has 4 aromatic carbocycles. The molecule has 4 aromatic rings. The van der Waals surface area contributed by atoms with Gasteiger partial charge in [-0.2, -0.15) is 0 Å². The molecule has 4 atom stereocenters. The van der Waals surface area contributed by atoms with Crippen molar-refractivity contribution in [2.45, 2.75) is 32.1 Å². The second kappa shape index (κ2) is 8.09. The Kier molecular flexibility index (Phi) is 4.87. The minimum Gasteiger partial charge on any atom is -0.274 e. The Labute approximate surface area is 222 Å². The summed E-state index contributed by atoms with van der Waals surface area (Å²) in [5.41, 5.74) is 8.04. The van der Waals surface area contributed by atoms with Crippen LogP contribution in [0.1, 0.15) is 44.9 Å². The minimum absolute atomic E-state index is 0.123. The van der Waals surface area contributed by atoms with Crippen LogP contribution in [0.4, 0.5) is 11.4 Å². The number of rotatable bonds is 3.